The van der Waals surface area contributed by atoms with Crippen LogP contribution in [0, 0.1) is 5.92 Å². The Balaban J connectivity index is 1.46. The van der Waals surface area contributed by atoms with Gasteiger partial charge in [0.1, 0.15) is 12.2 Å². The van der Waals surface area contributed by atoms with Gasteiger partial charge in [-0.15, -0.1) is 0 Å². The summed E-state index contributed by atoms with van der Waals surface area (Å²) >= 11 is 0. The van der Waals surface area contributed by atoms with Crippen LogP contribution in [-0.4, -0.2) is 44.9 Å². The van der Waals surface area contributed by atoms with Crippen LogP contribution in [0.5, 0.6) is 5.75 Å². The Labute approximate surface area is 260 Å². The highest BCUT2D eigenvalue weighted by molar-refractivity contribution is 5.98. The van der Waals surface area contributed by atoms with E-state index in [1.54, 1.807) is 4.90 Å². The van der Waals surface area contributed by atoms with Gasteiger partial charge in [-0.25, -0.2) is 4.79 Å². The number of aromatic nitrogens is 1. The summed E-state index contributed by atoms with van der Waals surface area (Å²) in [6.45, 7) is 0.601. The van der Waals surface area contributed by atoms with Crippen molar-refractivity contribution in [2.75, 3.05) is 18.2 Å². The molecule has 1 saturated carbocycles. The second-order valence-electron chi connectivity index (χ2n) is 11.7. The molecule has 1 fully saturated rings. The molecule has 8 nitrogen and oxygen atoms in total. The Bertz CT molecular complexity index is 1890. The fourth-order valence-corrected chi connectivity index (χ4v) is 6.13. The minimum atomic E-state index is -1.48. The number of aromatic carboxylic acids is 1. The molecule has 5 aromatic rings. The topological polar surface area (TPSA) is 103 Å². The molecule has 0 unspecified atom stereocenters. The van der Waals surface area contributed by atoms with Crippen LogP contribution in [0.15, 0.2) is 120 Å². The largest absolute Gasteiger partial charge is 0.502 e. The third-order valence-corrected chi connectivity index (χ3v) is 8.57. The molecule has 0 saturated heterocycles. The van der Waals surface area contributed by atoms with Crippen molar-refractivity contribution in [3.05, 3.63) is 148 Å². The zero-order chi connectivity index (χ0) is 31.1. The van der Waals surface area contributed by atoms with Gasteiger partial charge in [0, 0.05) is 12.7 Å². The monoisotopic (exact) mass is 597 g/mol. The van der Waals surface area contributed by atoms with Crippen molar-refractivity contribution < 1.29 is 19.8 Å². The van der Waals surface area contributed by atoms with E-state index in [4.69, 9.17) is 0 Å². The maximum atomic E-state index is 13.8. The van der Waals surface area contributed by atoms with Gasteiger partial charge in [0.05, 0.1) is 6.04 Å². The first kappa shape index (κ1) is 28.2. The molecule has 4 aromatic carbocycles. The van der Waals surface area contributed by atoms with Gasteiger partial charge in [-0.2, -0.15) is 0 Å². The van der Waals surface area contributed by atoms with Gasteiger partial charge < -0.3 is 15.1 Å². The first-order valence-electron chi connectivity index (χ1n) is 15.0. The molecule has 2 heterocycles. The zero-order valence-electron chi connectivity index (χ0n) is 24.4. The summed E-state index contributed by atoms with van der Waals surface area (Å²) in [7, 11) is 0. The number of carboxylic acid groups (broad SMARTS) is 1. The van der Waals surface area contributed by atoms with Gasteiger partial charge in [0.15, 0.2) is 11.4 Å². The van der Waals surface area contributed by atoms with Crippen molar-refractivity contribution in [2.24, 2.45) is 5.92 Å². The van der Waals surface area contributed by atoms with Crippen LogP contribution < -0.4 is 10.4 Å². The smallest absolute Gasteiger partial charge is 0.341 e. The lowest BCUT2D eigenvalue weighted by molar-refractivity contribution is 0.0654. The Morgan fingerprint density at radius 2 is 1.29 bits per heavy atom. The highest BCUT2D eigenvalue weighted by Crippen LogP contribution is 2.37. The number of aromatic hydroxyl groups is 1. The molecule has 0 spiro atoms. The van der Waals surface area contributed by atoms with Gasteiger partial charge >= 0.3 is 5.97 Å². The van der Waals surface area contributed by atoms with E-state index in [9.17, 15) is 24.6 Å². The lowest BCUT2D eigenvalue weighted by Crippen LogP contribution is -2.56. The summed E-state index contributed by atoms with van der Waals surface area (Å²) < 4.78 is 1.38. The molecule has 0 radical (unpaired) electrons. The van der Waals surface area contributed by atoms with Crippen LogP contribution >= 0.6 is 0 Å². The van der Waals surface area contributed by atoms with Crippen LogP contribution in [0.3, 0.4) is 0 Å². The molecule has 224 valence electrons. The summed E-state index contributed by atoms with van der Waals surface area (Å²) in [5, 5.41) is 22.8. The van der Waals surface area contributed by atoms with Crippen molar-refractivity contribution in [3.8, 4) is 28.0 Å². The van der Waals surface area contributed by atoms with Gasteiger partial charge in [-0.3, -0.25) is 19.3 Å². The van der Waals surface area contributed by atoms with Crippen LogP contribution in [0.4, 0.5) is 0 Å². The minimum absolute atomic E-state index is 0.125. The van der Waals surface area contributed by atoms with Gasteiger partial charge in [0.2, 0.25) is 5.43 Å². The highest BCUT2D eigenvalue weighted by atomic mass is 16.4. The SMILES string of the molecule is O=C(O)c1cn2c(c(O)c1=O)C(=O)N(CC1CC1)CN2C(c1cccc(-c2ccccc2)c1)c1cccc(-c2ccccc2)c1. The molecule has 2 N–H and O–H groups in total. The quantitative estimate of drug-likeness (QED) is 0.223. The Kier molecular flexibility index (Phi) is 7.17. The first-order valence-corrected chi connectivity index (χ1v) is 15.0. The number of fused-ring (bicyclic) bond motifs is 1. The van der Waals surface area contributed by atoms with E-state index in [-0.39, 0.29) is 12.4 Å². The van der Waals surface area contributed by atoms with Gasteiger partial charge in [-0.1, -0.05) is 97.1 Å². The van der Waals surface area contributed by atoms with Gasteiger partial charge in [-0.05, 0) is 64.3 Å². The molecule has 0 atom stereocenters. The Hall–Kier alpha value is -5.63. The van der Waals surface area contributed by atoms with E-state index in [1.807, 2.05) is 102 Å². The van der Waals surface area contributed by atoms with E-state index < -0.39 is 34.7 Å². The standard InChI is InChI=1S/C37H31N3O5/c41-34-31(37(44)45)22-39-33(35(34)42)36(43)38(21-24-17-18-24)23-40(39)32(29-15-7-13-27(19-29)25-9-3-1-4-10-25)30-16-8-14-28(20-30)26-11-5-2-6-12-26/h1-16,19-20,22,24,32,42H,17-18,21,23H2,(H,44,45). The van der Waals surface area contributed by atoms with E-state index in [2.05, 4.69) is 12.1 Å². The van der Waals surface area contributed by atoms with Crippen molar-refractivity contribution in [3.63, 3.8) is 0 Å². The second-order valence-corrected chi connectivity index (χ2v) is 11.7. The van der Waals surface area contributed by atoms with E-state index >= 15 is 0 Å². The van der Waals surface area contributed by atoms with E-state index in [0.717, 1.165) is 46.2 Å². The molecule has 1 aliphatic carbocycles. The number of carbonyl (C=O) groups excluding carboxylic acids is 1. The van der Waals surface area contributed by atoms with Gasteiger partial charge in [0.25, 0.3) is 5.91 Å². The molecule has 0 bridgehead atoms. The molecule has 8 heteroatoms. The molecule has 1 aliphatic heterocycles. The molecular weight excluding hydrogens is 566 g/mol. The third-order valence-electron chi connectivity index (χ3n) is 8.57. The maximum Gasteiger partial charge on any atom is 0.341 e. The number of pyridine rings is 1. The van der Waals surface area contributed by atoms with E-state index in [0.29, 0.717) is 12.5 Å². The van der Waals surface area contributed by atoms with Crippen molar-refractivity contribution in [2.45, 2.75) is 18.9 Å². The predicted molar refractivity (Wildman–Crippen MR) is 172 cm³/mol. The molecule has 1 amide bonds. The number of rotatable bonds is 8. The molecule has 2 aliphatic rings. The Morgan fingerprint density at radius 1 is 0.756 bits per heavy atom. The first-order chi connectivity index (χ1) is 21.9. The fraction of sp³-hybridized carbons (Fsp3) is 0.162. The van der Waals surface area contributed by atoms with Crippen LogP contribution in [0.2, 0.25) is 0 Å². The lowest BCUT2D eigenvalue weighted by Gasteiger charge is -2.44. The molecule has 45 heavy (non-hydrogen) atoms. The molecule has 1 aromatic heterocycles. The Morgan fingerprint density at radius 3 is 1.80 bits per heavy atom. The summed E-state index contributed by atoms with van der Waals surface area (Å²) in [6, 6.07) is 35.7. The van der Waals surface area contributed by atoms with Crippen LogP contribution in [0.1, 0.15) is 50.9 Å². The minimum Gasteiger partial charge on any atom is -0.502 e. The van der Waals surface area contributed by atoms with Crippen LogP contribution in [-0.2, 0) is 0 Å². The summed E-state index contributed by atoms with van der Waals surface area (Å²) in [6.07, 6.45) is 3.17. The number of hydrogen-bond donors (Lipinski definition) is 2. The predicted octanol–water partition coefficient (Wildman–Crippen LogP) is 6.14. The second kappa shape index (κ2) is 11.5. The summed E-state index contributed by atoms with van der Waals surface area (Å²) in [4.78, 5) is 40.5. The van der Waals surface area contributed by atoms with Crippen molar-refractivity contribution in [1.29, 1.82) is 0 Å². The number of carboxylic acids is 1. The van der Waals surface area contributed by atoms with Crippen LogP contribution in [0.25, 0.3) is 22.3 Å². The normalized spacial score (nSPS) is 14.5. The molecular formula is C37H31N3O5. The zero-order valence-corrected chi connectivity index (χ0v) is 24.4. The molecule has 7 rings (SSSR count). The van der Waals surface area contributed by atoms with Crippen molar-refractivity contribution >= 4 is 11.9 Å². The van der Waals surface area contributed by atoms with E-state index in [1.165, 1.54) is 10.9 Å². The number of benzene rings is 4. The third kappa shape index (κ3) is 5.35. The summed E-state index contributed by atoms with van der Waals surface area (Å²) in [5.74, 6) is -2.50. The van der Waals surface area contributed by atoms with Crippen molar-refractivity contribution in [1.82, 2.24) is 9.58 Å². The highest BCUT2D eigenvalue weighted by Gasteiger charge is 2.40. The maximum absolute atomic E-state index is 13.8. The number of hydrogen-bond acceptors (Lipinski definition) is 5. The lowest BCUT2D eigenvalue weighted by atomic mass is 9.92. The fourth-order valence-electron chi connectivity index (χ4n) is 6.13. The number of amides is 1. The number of carbonyl (C=O) groups is 2. The average Bonchev–Trinajstić information content (AvgIpc) is 3.90. The number of nitrogens with zero attached hydrogens (tertiary/aromatic N) is 3. The average molecular weight is 598 g/mol. The summed E-state index contributed by atoms with van der Waals surface area (Å²) in [5.41, 5.74) is 3.92.